The summed E-state index contributed by atoms with van der Waals surface area (Å²) in [5.41, 5.74) is 2.75. The molecular weight excluding hydrogens is 336 g/mol. The van der Waals surface area contributed by atoms with Crippen LogP contribution >= 0.6 is 11.6 Å². The maximum atomic E-state index is 12.9. The van der Waals surface area contributed by atoms with Crippen molar-refractivity contribution in [2.24, 2.45) is 0 Å². The number of nitrogens with zero attached hydrogens (tertiary/aromatic N) is 3. The van der Waals surface area contributed by atoms with Crippen LogP contribution in [0.4, 0.5) is 5.82 Å². The number of benzene rings is 1. The van der Waals surface area contributed by atoms with Crippen LogP contribution < -0.4 is 4.90 Å². The molecule has 4 rings (SSSR count). The third kappa shape index (κ3) is 2.96. The summed E-state index contributed by atoms with van der Waals surface area (Å²) in [5, 5.41) is 1.57. The highest BCUT2D eigenvalue weighted by atomic mass is 35.5. The van der Waals surface area contributed by atoms with Gasteiger partial charge in [-0.3, -0.25) is 4.79 Å². The maximum Gasteiger partial charge on any atom is 0.256 e. The predicted molar refractivity (Wildman–Crippen MR) is 100 cm³/mol. The Hall–Kier alpha value is -2.53. The number of carbonyl (C=O) groups is 1. The van der Waals surface area contributed by atoms with E-state index in [2.05, 4.69) is 27.9 Å². The average molecular weight is 355 g/mol. The summed E-state index contributed by atoms with van der Waals surface area (Å²) in [6, 6.07) is 9.57. The highest BCUT2D eigenvalue weighted by Gasteiger charge is 2.25. The lowest BCUT2D eigenvalue weighted by Crippen LogP contribution is -2.49. The lowest BCUT2D eigenvalue weighted by molar-refractivity contribution is 0.0748. The number of amides is 1. The van der Waals surface area contributed by atoms with Crippen molar-refractivity contribution in [3.05, 3.63) is 58.9 Å². The first-order chi connectivity index (χ1) is 12.1. The van der Waals surface area contributed by atoms with Crippen LogP contribution in [0.5, 0.6) is 0 Å². The van der Waals surface area contributed by atoms with Gasteiger partial charge in [-0.1, -0.05) is 23.7 Å². The van der Waals surface area contributed by atoms with Crippen LogP contribution in [-0.2, 0) is 0 Å². The zero-order valence-electron chi connectivity index (χ0n) is 14.0. The van der Waals surface area contributed by atoms with Gasteiger partial charge in [0.2, 0.25) is 0 Å². The number of piperazine rings is 1. The molecular formula is C19H19ClN4O. The molecule has 5 nitrogen and oxygen atoms in total. The highest BCUT2D eigenvalue weighted by molar-refractivity contribution is 6.31. The quantitative estimate of drug-likeness (QED) is 0.766. The summed E-state index contributed by atoms with van der Waals surface area (Å²) in [6.07, 6.45) is 3.59. The number of halogens is 1. The molecule has 128 valence electrons. The largest absolute Gasteiger partial charge is 0.360 e. The summed E-state index contributed by atoms with van der Waals surface area (Å²) < 4.78 is 0. The van der Waals surface area contributed by atoms with E-state index in [1.807, 2.05) is 35.4 Å². The first-order valence-corrected chi connectivity index (χ1v) is 8.74. The van der Waals surface area contributed by atoms with Crippen LogP contribution in [0.3, 0.4) is 0 Å². The molecule has 0 spiro atoms. The number of H-pyrrole nitrogens is 1. The zero-order valence-corrected chi connectivity index (χ0v) is 14.8. The standard InChI is InChI=1S/C19H19ClN4O/c1-13-3-2-6-21-18(13)23-7-9-24(10-8-23)19(25)16-12-22-17-11-14(20)4-5-15(16)17/h2-6,11-12,22H,7-10H2,1H3. The molecule has 1 saturated heterocycles. The van der Waals surface area contributed by atoms with Gasteiger partial charge in [0.1, 0.15) is 5.82 Å². The molecule has 1 aliphatic heterocycles. The Morgan fingerprint density at radius 3 is 2.76 bits per heavy atom. The first kappa shape index (κ1) is 16.0. The van der Waals surface area contributed by atoms with Gasteiger partial charge in [0.15, 0.2) is 0 Å². The van der Waals surface area contributed by atoms with Crippen molar-refractivity contribution in [3.63, 3.8) is 0 Å². The zero-order chi connectivity index (χ0) is 17.4. The SMILES string of the molecule is Cc1cccnc1N1CCN(C(=O)c2c[nH]c3cc(Cl)ccc23)CC1. The average Bonchev–Trinajstić information content (AvgIpc) is 3.04. The Bertz CT molecular complexity index is 928. The fraction of sp³-hybridized carbons (Fsp3) is 0.263. The summed E-state index contributed by atoms with van der Waals surface area (Å²) in [4.78, 5) is 24.7. The fourth-order valence-electron chi connectivity index (χ4n) is 3.38. The Kier molecular flexibility index (Phi) is 4.09. The number of anilines is 1. The number of nitrogens with one attached hydrogen (secondary N) is 1. The second-order valence-corrected chi connectivity index (χ2v) is 6.75. The number of hydrogen-bond acceptors (Lipinski definition) is 3. The van der Waals surface area contributed by atoms with Gasteiger partial charge >= 0.3 is 0 Å². The van der Waals surface area contributed by atoms with Crippen molar-refractivity contribution in [2.45, 2.75) is 6.92 Å². The minimum Gasteiger partial charge on any atom is -0.360 e. The van der Waals surface area contributed by atoms with E-state index in [1.165, 1.54) is 0 Å². The molecule has 25 heavy (non-hydrogen) atoms. The van der Waals surface area contributed by atoms with Gasteiger partial charge in [0.25, 0.3) is 5.91 Å². The van der Waals surface area contributed by atoms with Gasteiger partial charge in [-0.25, -0.2) is 4.98 Å². The van der Waals surface area contributed by atoms with Gasteiger partial charge in [-0.05, 0) is 30.7 Å². The number of aromatic nitrogens is 2. The topological polar surface area (TPSA) is 52.2 Å². The number of carbonyl (C=O) groups excluding carboxylic acids is 1. The molecule has 1 fully saturated rings. The van der Waals surface area contributed by atoms with E-state index in [0.29, 0.717) is 23.7 Å². The van der Waals surface area contributed by atoms with Crippen molar-refractivity contribution < 1.29 is 4.79 Å². The van der Waals surface area contributed by atoms with Crippen molar-refractivity contribution in [2.75, 3.05) is 31.1 Å². The maximum absolute atomic E-state index is 12.9. The van der Waals surface area contributed by atoms with E-state index in [0.717, 1.165) is 35.4 Å². The first-order valence-electron chi connectivity index (χ1n) is 8.36. The van der Waals surface area contributed by atoms with E-state index in [1.54, 1.807) is 6.20 Å². The van der Waals surface area contributed by atoms with Crippen molar-refractivity contribution in [3.8, 4) is 0 Å². The van der Waals surface area contributed by atoms with Gasteiger partial charge in [0.05, 0.1) is 5.56 Å². The van der Waals surface area contributed by atoms with E-state index < -0.39 is 0 Å². The normalized spacial score (nSPS) is 15.0. The predicted octanol–water partition coefficient (Wildman–Crippen LogP) is 3.49. The van der Waals surface area contributed by atoms with Crippen LogP contribution in [0.1, 0.15) is 15.9 Å². The summed E-state index contributed by atoms with van der Waals surface area (Å²) in [5.74, 6) is 1.07. The molecule has 0 aliphatic carbocycles. The molecule has 3 aromatic rings. The number of rotatable bonds is 2. The van der Waals surface area contributed by atoms with Crippen molar-refractivity contribution in [1.82, 2.24) is 14.9 Å². The summed E-state index contributed by atoms with van der Waals surface area (Å²) in [6.45, 7) is 5.02. The number of fused-ring (bicyclic) bond motifs is 1. The van der Waals surface area contributed by atoms with Crippen LogP contribution in [0, 0.1) is 6.92 Å². The molecule has 0 unspecified atom stereocenters. The van der Waals surface area contributed by atoms with Gasteiger partial charge in [0, 0.05) is 54.5 Å². The molecule has 1 aromatic carbocycles. The van der Waals surface area contributed by atoms with E-state index in [-0.39, 0.29) is 5.91 Å². The molecule has 6 heteroatoms. The molecule has 3 heterocycles. The molecule has 1 amide bonds. The fourth-order valence-corrected chi connectivity index (χ4v) is 3.55. The van der Waals surface area contributed by atoms with Crippen LogP contribution in [-0.4, -0.2) is 47.0 Å². The molecule has 0 bridgehead atoms. The van der Waals surface area contributed by atoms with Gasteiger partial charge in [-0.2, -0.15) is 0 Å². The number of pyridine rings is 1. The third-order valence-corrected chi connectivity index (χ3v) is 4.96. The Morgan fingerprint density at radius 1 is 1.20 bits per heavy atom. The second kappa shape index (κ2) is 6.41. The third-order valence-electron chi connectivity index (χ3n) is 4.72. The monoisotopic (exact) mass is 354 g/mol. The summed E-state index contributed by atoms with van der Waals surface area (Å²) in [7, 11) is 0. The van der Waals surface area contributed by atoms with Crippen molar-refractivity contribution in [1.29, 1.82) is 0 Å². The minimum atomic E-state index is 0.0611. The Morgan fingerprint density at radius 2 is 2.00 bits per heavy atom. The Balaban J connectivity index is 1.50. The van der Waals surface area contributed by atoms with Crippen LogP contribution in [0.15, 0.2) is 42.7 Å². The van der Waals surface area contributed by atoms with E-state index in [9.17, 15) is 4.79 Å². The second-order valence-electron chi connectivity index (χ2n) is 6.32. The Labute approximate surface area is 151 Å². The summed E-state index contributed by atoms with van der Waals surface area (Å²) >= 11 is 6.02. The van der Waals surface area contributed by atoms with Crippen LogP contribution in [0.2, 0.25) is 5.02 Å². The van der Waals surface area contributed by atoms with Crippen molar-refractivity contribution >= 4 is 34.2 Å². The highest BCUT2D eigenvalue weighted by Crippen LogP contribution is 2.24. The van der Waals surface area contributed by atoms with E-state index in [4.69, 9.17) is 11.6 Å². The molecule has 1 N–H and O–H groups in total. The number of hydrogen-bond donors (Lipinski definition) is 1. The lowest BCUT2D eigenvalue weighted by Gasteiger charge is -2.36. The molecule has 0 radical (unpaired) electrons. The minimum absolute atomic E-state index is 0.0611. The molecule has 1 aliphatic rings. The van der Waals surface area contributed by atoms with E-state index >= 15 is 0 Å². The number of aryl methyl sites for hydroxylation is 1. The smallest absolute Gasteiger partial charge is 0.256 e. The molecule has 0 saturated carbocycles. The lowest BCUT2D eigenvalue weighted by atomic mass is 10.1. The number of aromatic amines is 1. The molecule has 0 atom stereocenters. The van der Waals surface area contributed by atoms with Gasteiger partial charge < -0.3 is 14.8 Å². The van der Waals surface area contributed by atoms with Gasteiger partial charge in [-0.15, -0.1) is 0 Å². The molecule has 2 aromatic heterocycles. The van der Waals surface area contributed by atoms with Crippen LogP contribution in [0.25, 0.3) is 10.9 Å².